The largest absolute Gasteiger partial charge is 0.497 e. The number of methoxy groups -OCH3 is 2. The summed E-state index contributed by atoms with van der Waals surface area (Å²) >= 11 is 0. The highest BCUT2D eigenvalue weighted by Gasteiger charge is 2.21. The van der Waals surface area contributed by atoms with E-state index in [-0.39, 0.29) is 11.5 Å². The molecule has 0 bridgehead atoms. The number of anilines is 2. The lowest BCUT2D eigenvalue weighted by atomic mass is 10.2. The first-order chi connectivity index (χ1) is 15.6. The maximum Gasteiger partial charge on any atom is 0.184 e. The fourth-order valence-corrected chi connectivity index (χ4v) is 2.88. The van der Waals surface area contributed by atoms with Gasteiger partial charge in [-0.25, -0.2) is 9.37 Å². The fourth-order valence-electron chi connectivity index (χ4n) is 2.88. The maximum absolute atomic E-state index is 15.6. The summed E-state index contributed by atoms with van der Waals surface area (Å²) in [6, 6.07) is 3.68. The smallest absolute Gasteiger partial charge is 0.184 e. The second-order valence-electron chi connectivity index (χ2n) is 7.45. The van der Waals surface area contributed by atoms with Crippen LogP contribution in [0, 0.1) is 0 Å². The molecule has 8 heteroatoms. The molecular formula is C25H36FN5O2. The second-order valence-corrected chi connectivity index (χ2v) is 7.45. The standard InChI is InChI=1S/C25H36FN5O2/c1-11-13-20(29(5)6)17-31(19(4)24(26)22(33-10)16-18(3)32-9)23-15-14-21(27-12-2)25(28-23)30(7)8/h11-16H,1,3,17H2,2,4-10H3/b20-13-,22-16+,24-19-,27-12?. The Bertz CT molecular complexity index is 962. The summed E-state index contributed by atoms with van der Waals surface area (Å²) in [6.45, 7) is 11.4. The number of likely N-dealkylation sites (N-methyl/N-ethyl adjacent to an activating group) is 1. The van der Waals surface area contributed by atoms with Crippen LogP contribution in [0.3, 0.4) is 0 Å². The van der Waals surface area contributed by atoms with Crippen molar-refractivity contribution in [2.24, 2.45) is 4.99 Å². The third kappa shape index (κ3) is 7.52. The SMILES string of the molecule is C=C/C=C(/CN(/C(C)=C(F)/C(=C\C(=C)OC)OC)c1ccc(N=CC)c(N(C)C)n1)N(C)C. The molecule has 7 nitrogen and oxygen atoms in total. The minimum Gasteiger partial charge on any atom is -0.497 e. The van der Waals surface area contributed by atoms with Gasteiger partial charge in [-0.15, -0.1) is 0 Å². The van der Waals surface area contributed by atoms with Crippen molar-refractivity contribution in [3.05, 3.63) is 72.3 Å². The van der Waals surface area contributed by atoms with E-state index in [4.69, 9.17) is 14.5 Å². The normalized spacial score (nSPS) is 12.9. The van der Waals surface area contributed by atoms with E-state index in [1.54, 1.807) is 24.1 Å². The molecule has 0 unspecified atom stereocenters. The molecule has 33 heavy (non-hydrogen) atoms. The van der Waals surface area contributed by atoms with Crippen LogP contribution in [0.25, 0.3) is 0 Å². The van der Waals surface area contributed by atoms with E-state index < -0.39 is 5.83 Å². The Labute approximate surface area is 197 Å². The van der Waals surface area contributed by atoms with Crippen molar-refractivity contribution in [1.82, 2.24) is 9.88 Å². The number of hydrogen-bond acceptors (Lipinski definition) is 7. The lowest BCUT2D eigenvalue weighted by Gasteiger charge is -2.30. The minimum absolute atomic E-state index is 0.00323. The molecule has 0 atom stereocenters. The molecule has 0 N–H and O–H groups in total. The van der Waals surface area contributed by atoms with Gasteiger partial charge in [0.2, 0.25) is 0 Å². The molecule has 180 valence electrons. The van der Waals surface area contributed by atoms with Gasteiger partial charge in [0.15, 0.2) is 17.4 Å². The van der Waals surface area contributed by atoms with Crippen LogP contribution in [-0.4, -0.2) is 65.1 Å². The zero-order valence-electron chi connectivity index (χ0n) is 21.0. The summed E-state index contributed by atoms with van der Waals surface area (Å²) in [6.07, 6.45) is 6.69. The molecule has 0 amide bonds. The van der Waals surface area contributed by atoms with Crippen molar-refractivity contribution in [3.8, 4) is 0 Å². The van der Waals surface area contributed by atoms with Gasteiger partial charge in [-0.05, 0) is 32.1 Å². The Morgan fingerprint density at radius 1 is 1.18 bits per heavy atom. The number of aliphatic imine (C=N–C) groups is 1. The Balaban J connectivity index is 3.76. The fraction of sp³-hybridized carbons (Fsp3) is 0.360. The Morgan fingerprint density at radius 2 is 1.85 bits per heavy atom. The van der Waals surface area contributed by atoms with Crippen molar-refractivity contribution < 1.29 is 13.9 Å². The highest BCUT2D eigenvalue weighted by Crippen LogP contribution is 2.32. The number of hydrogen-bond donors (Lipinski definition) is 0. The molecule has 1 rings (SSSR count). The van der Waals surface area contributed by atoms with Crippen LogP contribution in [0.15, 0.2) is 77.3 Å². The molecule has 1 heterocycles. The third-order valence-corrected chi connectivity index (χ3v) is 4.73. The summed E-state index contributed by atoms with van der Waals surface area (Å²) in [7, 11) is 10.5. The molecule has 0 aromatic carbocycles. The second kappa shape index (κ2) is 13.1. The van der Waals surface area contributed by atoms with E-state index >= 15 is 4.39 Å². The van der Waals surface area contributed by atoms with Crippen molar-refractivity contribution in [3.63, 3.8) is 0 Å². The van der Waals surface area contributed by atoms with Crippen LogP contribution >= 0.6 is 0 Å². The Kier molecular flexibility index (Phi) is 10.9. The first kappa shape index (κ1) is 27.5. The van der Waals surface area contributed by atoms with E-state index in [0.717, 1.165) is 11.4 Å². The maximum atomic E-state index is 15.6. The number of halogens is 1. The van der Waals surface area contributed by atoms with Gasteiger partial charge in [-0.2, -0.15) is 0 Å². The summed E-state index contributed by atoms with van der Waals surface area (Å²) in [4.78, 5) is 14.8. The van der Waals surface area contributed by atoms with Crippen molar-refractivity contribution >= 4 is 23.5 Å². The average molecular weight is 458 g/mol. The van der Waals surface area contributed by atoms with E-state index in [9.17, 15) is 0 Å². The summed E-state index contributed by atoms with van der Waals surface area (Å²) in [5.41, 5.74) is 1.94. The summed E-state index contributed by atoms with van der Waals surface area (Å²) in [5, 5.41) is 0. The summed E-state index contributed by atoms with van der Waals surface area (Å²) in [5.74, 6) is 0.939. The first-order valence-corrected chi connectivity index (χ1v) is 10.4. The van der Waals surface area contributed by atoms with Crippen LogP contribution in [0.5, 0.6) is 0 Å². The minimum atomic E-state index is -0.559. The quantitative estimate of drug-likeness (QED) is 0.244. The molecule has 0 saturated heterocycles. The molecule has 0 aliphatic heterocycles. The lowest BCUT2D eigenvalue weighted by Crippen LogP contribution is -2.30. The van der Waals surface area contributed by atoms with Crippen LogP contribution in [-0.2, 0) is 9.47 Å². The van der Waals surface area contributed by atoms with Gasteiger partial charge in [-0.1, -0.05) is 19.2 Å². The monoisotopic (exact) mass is 457 g/mol. The van der Waals surface area contributed by atoms with Crippen LogP contribution < -0.4 is 9.80 Å². The lowest BCUT2D eigenvalue weighted by molar-refractivity contribution is 0.269. The highest BCUT2D eigenvalue weighted by molar-refractivity contribution is 5.71. The zero-order valence-corrected chi connectivity index (χ0v) is 21.0. The molecule has 0 spiro atoms. The number of allylic oxidation sites excluding steroid dienone is 5. The van der Waals surface area contributed by atoms with Crippen LogP contribution in [0.2, 0.25) is 0 Å². The number of ether oxygens (including phenoxy) is 2. The zero-order chi connectivity index (χ0) is 25.1. The molecule has 0 radical (unpaired) electrons. The van der Waals surface area contributed by atoms with Gasteiger partial charge in [-0.3, -0.25) is 4.99 Å². The third-order valence-electron chi connectivity index (χ3n) is 4.73. The number of nitrogens with zero attached hydrogens (tertiary/aromatic N) is 5. The van der Waals surface area contributed by atoms with Crippen LogP contribution in [0.1, 0.15) is 13.8 Å². The highest BCUT2D eigenvalue weighted by atomic mass is 19.1. The molecule has 1 aromatic rings. The molecule has 1 aromatic heterocycles. The Morgan fingerprint density at radius 3 is 2.33 bits per heavy atom. The van der Waals surface area contributed by atoms with E-state index in [1.807, 2.05) is 63.1 Å². The van der Waals surface area contributed by atoms with Gasteiger partial charge in [0.25, 0.3) is 0 Å². The molecule has 0 aliphatic rings. The Hall–Kier alpha value is -3.55. The molecular weight excluding hydrogens is 421 g/mol. The number of pyridine rings is 1. The summed E-state index contributed by atoms with van der Waals surface area (Å²) < 4.78 is 26.0. The van der Waals surface area contributed by atoms with E-state index in [2.05, 4.69) is 18.2 Å². The molecule has 0 aliphatic carbocycles. The average Bonchev–Trinajstić information content (AvgIpc) is 2.79. The molecule has 0 fully saturated rings. The first-order valence-electron chi connectivity index (χ1n) is 10.4. The predicted molar refractivity (Wildman–Crippen MR) is 137 cm³/mol. The topological polar surface area (TPSA) is 53.4 Å². The predicted octanol–water partition coefficient (Wildman–Crippen LogP) is 5.20. The van der Waals surface area contributed by atoms with Gasteiger partial charge >= 0.3 is 0 Å². The van der Waals surface area contributed by atoms with E-state index in [0.29, 0.717) is 23.9 Å². The van der Waals surface area contributed by atoms with Crippen molar-refractivity contribution in [1.29, 1.82) is 0 Å². The van der Waals surface area contributed by atoms with Crippen molar-refractivity contribution in [2.45, 2.75) is 13.8 Å². The van der Waals surface area contributed by atoms with Crippen molar-refractivity contribution in [2.75, 3.05) is 58.8 Å². The van der Waals surface area contributed by atoms with Gasteiger partial charge in [0.1, 0.15) is 17.3 Å². The van der Waals surface area contributed by atoms with E-state index in [1.165, 1.54) is 20.3 Å². The number of rotatable bonds is 12. The molecule has 0 saturated carbocycles. The van der Waals surface area contributed by atoms with Gasteiger partial charge in [0.05, 0.1) is 26.5 Å². The van der Waals surface area contributed by atoms with Gasteiger partial charge in [0, 0.05) is 46.2 Å². The van der Waals surface area contributed by atoms with Crippen LogP contribution in [0.4, 0.5) is 21.7 Å². The van der Waals surface area contributed by atoms with Gasteiger partial charge < -0.3 is 24.2 Å². The number of aromatic nitrogens is 1.